The van der Waals surface area contributed by atoms with Crippen LogP contribution in [0.5, 0.6) is 0 Å². The maximum Gasteiger partial charge on any atom is 0.250 e. The van der Waals surface area contributed by atoms with Crippen molar-refractivity contribution >= 4 is 33.2 Å². The van der Waals surface area contributed by atoms with Gasteiger partial charge in [-0.05, 0) is 38.3 Å². The Morgan fingerprint density at radius 3 is 2.66 bits per heavy atom. The second-order valence-corrected chi connectivity index (χ2v) is 10.9. The third-order valence-electron chi connectivity index (χ3n) is 5.46. The van der Waals surface area contributed by atoms with Crippen molar-refractivity contribution < 1.29 is 13.2 Å². The van der Waals surface area contributed by atoms with Crippen LogP contribution in [0.15, 0.2) is 21.3 Å². The van der Waals surface area contributed by atoms with Crippen molar-refractivity contribution in [2.75, 3.05) is 33.2 Å². The summed E-state index contributed by atoms with van der Waals surface area (Å²) in [5.41, 5.74) is 0. The van der Waals surface area contributed by atoms with Gasteiger partial charge in [-0.2, -0.15) is 0 Å². The highest BCUT2D eigenvalue weighted by molar-refractivity contribution is 7.91. The smallest absolute Gasteiger partial charge is 0.250 e. The van der Waals surface area contributed by atoms with Crippen molar-refractivity contribution in [2.45, 2.75) is 49.3 Å². The highest BCUT2D eigenvalue weighted by Crippen LogP contribution is 2.27. The Labute approximate surface area is 177 Å². The van der Waals surface area contributed by atoms with Crippen LogP contribution >= 0.6 is 11.3 Å². The van der Waals surface area contributed by atoms with Crippen LogP contribution in [0.3, 0.4) is 0 Å². The van der Waals surface area contributed by atoms with Crippen LogP contribution in [-0.4, -0.2) is 64.5 Å². The number of amides is 1. The van der Waals surface area contributed by atoms with Crippen molar-refractivity contribution in [3.63, 3.8) is 0 Å². The van der Waals surface area contributed by atoms with Crippen molar-refractivity contribution in [3.05, 3.63) is 17.0 Å². The average Bonchev–Trinajstić information content (AvgIpc) is 3.45. The molecule has 0 bridgehead atoms. The molecule has 1 aliphatic heterocycles. The Hall–Kier alpha value is -1.65. The van der Waals surface area contributed by atoms with E-state index in [4.69, 9.17) is 0 Å². The van der Waals surface area contributed by atoms with Crippen LogP contribution in [0.4, 0.5) is 0 Å². The van der Waals surface area contributed by atoms with Gasteiger partial charge in [-0.1, -0.05) is 12.8 Å². The Morgan fingerprint density at radius 1 is 1.24 bits per heavy atom. The van der Waals surface area contributed by atoms with Gasteiger partial charge in [0.05, 0.1) is 0 Å². The molecule has 162 valence electrons. The number of aliphatic imine (C=N–C) groups is 1. The Morgan fingerprint density at radius 2 is 2.00 bits per heavy atom. The molecule has 2 aliphatic rings. The van der Waals surface area contributed by atoms with Crippen molar-refractivity contribution in [3.8, 4) is 0 Å². The number of thiophene rings is 1. The molecule has 1 saturated heterocycles. The van der Waals surface area contributed by atoms with Crippen LogP contribution in [-0.2, 0) is 14.8 Å². The summed E-state index contributed by atoms with van der Waals surface area (Å²) in [6.45, 7) is 4.04. The van der Waals surface area contributed by atoms with Gasteiger partial charge in [0.1, 0.15) is 4.21 Å². The number of aryl methyl sites for hydroxylation is 1. The molecule has 1 atom stereocenters. The van der Waals surface area contributed by atoms with E-state index in [1.54, 1.807) is 19.2 Å². The van der Waals surface area contributed by atoms with Crippen LogP contribution in [0.1, 0.15) is 37.0 Å². The Bertz CT molecular complexity index is 831. The van der Waals surface area contributed by atoms with Gasteiger partial charge in [0.15, 0.2) is 5.96 Å². The molecule has 0 radical (unpaired) electrons. The molecule has 8 nitrogen and oxygen atoms in total. The SMILES string of the molecule is CN=C(NCCNS(=O)(=O)c1ccc(C)s1)NC1CCN(C(=O)C2CCCC2)C1. The lowest BCUT2D eigenvalue weighted by Crippen LogP contribution is -2.47. The molecule has 1 amide bonds. The lowest BCUT2D eigenvalue weighted by molar-refractivity contribution is -0.134. The minimum atomic E-state index is -3.47. The molecule has 1 saturated carbocycles. The number of hydrogen-bond acceptors (Lipinski definition) is 5. The zero-order valence-electron chi connectivity index (χ0n) is 17.1. The minimum Gasteiger partial charge on any atom is -0.355 e. The summed E-state index contributed by atoms with van der Waals surface area (Å²) in [6, 6.07) is 3.58. The van der Waals surface area contributed by atoms with Gasteiger partial charge in [0.2, 0.25) is 15.9 Å². The Balaban J connectivity index is 1.39. The summed E-state index contributed by atoms with van der Waals surface area (Å²) in [6.07, 6.45) is 5.27. The average molecular weight is 442 g/mol. The fourth-order valence-electron chi connectivity index (χ4n) is 3.89. The predicted octanol–water partition coefficient (Wildman–Crippen LogP) is 1.29. The van der Waals surface area contributed by atoms with Crippen LogP contribution < -0.4 is 15.4 Å². The quantitative estimate of drug-likeness (QED) is 0.336. The van der Waals surface area contributed by atoms with E-state index in [0.717, 1.165) is 30.7 Å². The fraction of sp³-hybridized carbons (Fsp3) is 0.684. The van der Waals surface area contributed by atoms with E-state index in [1.807, 2.05) is 11.8 Å². The second kappa shape index (κ2) is 9.90. The van der Waals surface area contributed by atoms with Crippen LogP contribution in [0, 0.1) is 12.8 Å². The summed E-state index contributed by atoms with van der Waals surface area (Å²) in [5, 5.41) is 6.48. The minimum absolute atomic E-state index is 0.164. The highest BCUT2D eigenvalue weighted by Gasteiger charge is 2.32. The molecule has 29 heavy (non-hydrogen) atoms. The first-order valence-electron chi connectivity index (χ1n) is 10.2. The third kappa shape index (κ3) is 5.93. The summed E-state index contributed by atoms with van der Waals surface area (Å²) in [4.78, 5) is 19.7. The molecule has 0 spiro atoms. The number of carbonyl (C=O) groups is 1. The van der Waals surface area contributed by atoms with E-state index in [1.165, 1.54) is 24.2 Å². The molecule has 3 rings (SSSR count). The van der Waals surface area contributed by atoms with E-state index < -0.39 is 10.0 Å². The van der Waals surface area contributed by atoms with Gasteiger partial charge in [-0.25, -0.2) is 13.1 Å². The summed E-state index contributed by atoms with van der Waals surface area (Å²) >= 11 is 1.26. The highest BCUT2D eigenvalue weighted by atomic mass is 32.2. The summed E-state index contributed by atoms with van der Waals surface area (Å²) < 4.78 is 27.4. The van der Waals surface area contributed by atoms with E-state index in [9.17, 15) is 13.2 Å². The number of hydrogen-bond donors (Lipinski definition) is 3. The van der Waals surface area contributed by atoms with Crippen LogP contribution in [0.25, 0.3) is 0 Å². The van der Waals surface area contributed by atoms with E-state index in [-0.39, 0.29) is 18.5 Å². The van der Waals surface area contributed by atoms with Crippen molar-refractivity contribution in [2.24, 2.45) is 10.9 Å². The number of nitrogens with one attached hydrogen (secondary N) is 3. The molecule has 1 aliphatic carbocycles. The summed E-state index contributed by atoms with van der Waals surface area (Å²) in [7, 11) is -1.78. The number of sulfonamides is 1. The molecular formula is C19H31N5O3S2. The normalized spacial score (nSPS) is 21.0. The second-order valence-electron chi connectivity index (χ2n) is 7.66. The summed E-state index contributed by atoms with van der Waals surface area (Å²) in [5.74, 6) is 1.13. The number of rotatable bonds is 7. The molecular weight excluding hydrogens is 410 g/mol. The van der Waals surface area contributed by atoms with Gasteiger partial charge in [0, 0.05) is 50.1 Å². The number of carbonyl (C=O) groups excluding carboxylic acids is 1. The van der Waals surface area contributed by atoms with Crippen LogP contribution in [0.2, 0.25) is 0 Å². The topological polar surface area (TPSA) is 103 Å². The standard InChI is InChI=1S/C19H31N5O3S2/c1-14-7-8-17(28-14)29(26,27)22-11-10-21-19(20-2)23-16-9-12-24(13-16)18(25)15-5-3-4-6-15/h7-8,15-16,22H,3-6,9-13H2,1-2H3,(H2,20,21,23). The largest absolute Gasteiger partial charge is 0.355 e. The van der Waals surface area contributed by atoms with E-state index in [2.05, 4.69) is 20.3 Å². The number of guanidine groups is 1. The lowest BCUT2D eigenvalue weighted by atomic mass is 10.1. The molecule has 0 aromatic carbocycles. The number of likely N-dealkylation sites (tertiary alicyclic amines) is 1. The first-order chi connectivity index (χ1) is 13.9. The van der Waals surface area contributed by atoms with Gasteiger partial charge in [-0.15, -0.1) is 11.3 Å². The molecule has 1 unspecified atom stereocenters. The number of nitrogens with zero attached hydrogens (tertiary/aromatic N) is 2. The first kappa shape index (κ1) is 22.0. The maximum absolute atomic E-state index is 12.6. The molecule has 2 heterocycles. The third-order valence-corrected chi connectivity index (χ3v) is 8.41. The van der Waals surface area contributed by atoms with Gasteiger partial charge in [-0.3, -0.25) is 9.79 Å². The predicted molar refractivity (Wildman–Crippen MR) is 116 cm³/mol. The molecule has 2 fully saturated rings. The monoisotopic (exact) mass is 441 g/mol. The zero-order valence-corrected chi connectivity index (χ0v) is 18.7. The Kier molecular flexibility index (Phi) is 7.53. The maximum atomic E-state index is 12.6. The van der Waals surface area contributed by atoms with Gasteiger partial charge < -0.3 is 15.5 Å². The fourth-order valence-corrected chi connectivity index (χ4v) is 6.25. The molecule has 10 heteroatoms. The van der Waals surface area contributed by atoms with Gasteiger partial charge in [0.25, 0.3) is 0 Å². The van der Waals surface area contributed by atoms with Gasteiger partial charge >= 0.3 is 0 Å². The first-order valence-corrected chi connectivity index (χ1v) is 12.5. The van der Waals surface area contributed by atoms with Crippen molar-refractivity contribution in [1.82, 2.24) is 20.3 Å². The zero-order chi connectivity index (χ0) is 20.9. The molecule has 1 aromatic rings. The molecule has 1 aromatic heterocycles. The lowest BCUT2D eigenvalue weighted by Gasteiger charge is -2.21. The molecule has 3 N–H and O–H groups in total. The van der Waals surface area contributed by atoms with E-state index >= 15 is 0 Å². The van der Waals surface area contributed by atoms with Crippen molar-refractivity contribution in [1.29, 1.82) is 0 Å². The van der Waals surface area contributed by atoms with E-state index in [0.29, 0.717) is 29.2 Å².